The van der Waals surface area contributed by atoms with Gasteiger partial charge in [-0.3, -0.25) is 4.79 Å². The number of rotatable bonds is 1. The third-order valence-electron chi connectivity index (χ3n) is 2.37. The van der Waals surface area contributed by atoms with Gasteiger partial charge in [-0.1, -0.05) is 27.2 Å². The molecular weight excluding hydrogens is 150 g/mol. The quantitative estimate of drug-likeness (QED) is 0.648. The average Bonchev–Trinajstić information content (AvgIpc) is 2.03. The van der Waals surface area contributed by atoms with Gasteiger partial charge in [0.1, 0.15) is 0 Å². The van der Waals surface area contributed by atoms with Crippen LogP contribution in [0.25, 0.3) is 0 Å². The second-order valence-corrected chi connectivity index (χ2v) is 4.62. The molecular formula is C10H19NO. The molecule has 0 aromatic heterocycles. The van der Waals surface area contributed by atoms with E-state index < -0.39 is 0 Å². The lowest BCUT2D eigenvalue weighted by Crippen LogP contribution is -2.45. The summed E-state index contributed by atoms with van der Waals surface area (Å²) in [4.78, 5) is 11.8. The highest BCUT2D eigenvalue weighted by molar-refractivity contribution is 5.88. The lowest BCUT2D eigenvalue weighted by molar-refractivity contribution is -0.128. The molecule has 0 amide bonds. The van der Waals surface area contributed by atoms with Crippen LogP contribution in [0.1, 0.15) is 40.0 Å². The molecule has 0 aromatic carbocycles. The molecule has 0 spiro atoms. The molecule has 1 N–H and O–H groups in total. The van der Waals surface area contributed by atoms with E-state index in [1.807, 2.05) is 20.8 Å². The van der Waals surface area contributed by atoms with Crippen LogP contribution in [0.5, 0.6) is 0 Å². The molecule has 1 saturated heterocycles. The van der Waals surface area contributed by atoms with Crippen LogP contribution in [0.3, 0.4) is 0 Å². The van der Waals surface area contributed by atoms with Crippen molar-refractivity contribution in [3.63, 3.8) is 0 Å². The van der Waals surface area contributed by atoms with Crippen molar-refractivity contribution >= 4 is 5.78 Å². The van der Waals surface area contributed by atoms with Crippen LogP contribution < -0.4 is 5.32 Å². The van der Waals surface area contributed by atoms with Gasteiger partial charge in [-0.25, -0.2) is 0 Å². The Morgan fingerprint density at radius 2 is 2.00 bits per heavy atom. The summed E-state index contributed by atoms with van der Waals surface area (Å²) in [5, 5.41) is 3.28. The Kier molecular flexibility index (Phi) is 2.89. The summed E-state index contributed by atoms with van der Waals surface area (Å²) in [6.45, 7) is 6.98. The summed E-state index contributed by atoms with van der Waals surface area (Å²) in [7, 11) is 0. The molecule has 2 heteroatoms. The molecule has 1 fully saturated rings. The summed E-state index contributed by atoms with van der Waals surface area (Å²) >= 11 is 0. The number of carbonyl (C=O) groups excluding carboxylic acids is 1. The van der Waals surface area contributed by atoms with Crippen molar-refractivity contribution in [2.75, 3.05) is 6.54 Å². The van der Waals surface area contributed by atoms with Gasteiger partial charge in [-0.2, -0.15) is 0 Å². The van der Waals surface area contributed by atoms with Gasteiger partial charge in [0.05, 0.1) is 6.04 Å². The van der Waals surface area contributed by atoms with Crippen molar-refractivity contribution in [3.05, 3.63) is 0 Å². The van der Waals surface area contributed by atoms with E-state index in [1.165, 1.54) is 12.8 Å². The monoisotopic (exact) mass is 169 g/mol. The van der Waals surface area contributed by atoms with Crippen molar-refractivity contribution < 1.29 is 4.79 Å². The Morgan fingerprint density at radius 3 is 2.42 bits per heavy atom. The first kappa shape index (κ1) is 9.72. The molecule has 1 heterocycles. The number of Topliss-reactive ketones (excluding diaryl/α,β-unsaturated/α-hetero) is 1. The minimum Gasteiger partial charge on any atom is -0.307 e. The summed E-state index contributed by atoms with van der Waals surface area (Å²) in [5.41, 5.74) is -0.186. The lowest BCUT2D eigenvalue weighted by atomic mass is 9.84. The Morgan fingerprint density at radius 1 is 1.33 bits per heavy atom. The third-order valence-corrected chi connectivity index (χ3v) is 2.37. The van der Waals surface area contributed by atoms with E-state index >= 15 is 0 Å². The highest BCUT2D eigenvalue weighted by atomic mass is 16.1. The van der Waals surface area contributed by atoms with E-state index in [2.05, 4.69) is 5.32 Å². The van der Waals surface area contributed by atoms with Crippen LogP contribution in [0.15, 0.2) is 0 Å². The van der Waals surface area contributed by atoms with E-state index in [1.54, 1.807) is 0 Å². The molecule has 1 aliphatic heterocycles. The fraction of sp³-hybridized carbons (Fsp3) is 0.900. The normalized spacial score (nSPS) is 25.4. The molecule has 70 valence electrons. The zero-order chi connectivity index (χ0) is 9.19. The zero-order valence-electron chi connectivity index (χ0n) is 8.31. The van der Waals surface area contributed by atoms with Gasteiger partial charge in [0.15, 0.2) is 5.78 Å². The zero-order valence-corrected chi connectivity index (χ0v) is 8.31. The number of hydrogen-bond donors (Lipinski definition) is 1. The average molecular weight is 169 g/mol. The van der Waals surface area contributed by atoms with Gasteiger partial charge in [0.25, 0.3) is 0 Å². The van der Waals surface area contributed by atoms with Crippen LogP contribution in [-0.2, 0) is 4.79 Å². The first-order valence-electron chi connectivity index (χ1n) is 4.79. The van der Waals surface area contributed by atoms with E-state index in [4.69, 9.17) is 0 Å². The SMILES string of the molecule is CC(C)(C)C(=O)[C@H]1CCCCN1. The maximum Gasteiger partial charge on any atom is 0.155 e. The van der Waals surface area contributed by atoms with E-state index in [0.717, 1.165) is 13.0 Å². The first-order valence-corrected chi connectivity index (χ1v) is 4.79. The third kappa shape index (κ3) is 2.31. The summed E-state index contributed by atoms with van der Waals surface area (Å²) in [5.74, 6) is 0.363. The lowest BCUT2D eigenvalue weighted by Gasteiger charge is -2.28. The largest absolute Gasteiger partial charge is 0.307 e. The standard InChI is InChI=1S/C10H19NO/c1-10(2,3)9(12)8-6-4-5-7-11-8/h8,11H,4-7H2,1-3H3/t8-/m1/s1. The smallest absolute Gasteiger partial charge is 0.155 e. The predicted octanol–water partition coefficient (Wildman–Crippen LogP) is 1.74. The minimum absolute atomic E-state index is 0.124. The molecule has 0 aromatic rings. The topological polar surface area (TPSA) is 29.1 Å². The molecule has 1 atom stereocenters. The van der Waals surface area contributed by atoms with E-state index in [9.17, 15) is 4.79 Å². The molecule has 0 saturated carbocycles. The van der Waals surface area contributed by atoms with Crippen molar-refractivity contribution in [2.45, 2.75) is 46.1 Å². The highest BCUT2D eigenvalue weighted by Gasteiger charge is 2.29. The Bertz CT molecular complexity index is 163. The van der Waals surface area contributed by atoms with Crippen LogP contribution in [0.2, 0.25) is 0 Å². The van der Waals surface area contributed by atoms with Crippen LogP contribution >= 0.6 is 0 Å². The van der Waals surface area contributed by atoms with Gasteiger partial charge in [-0.05, 0) is 19.4 Å². The van der Waals surface area contributed by atoms with Crippen molar-refractivity contribution in [1.82, 2.24) is 5.32 Å². The van der Waals surface area contributed by atoms with E-state index in [-0.39, 0.29) is 11.5 Å². The van der Waals surface area contributed by atoms with Crippen molar-refractivity contribution in [3.8, 4) is 0 Å². The fourth-order valence-corrected chi connectivity index (χ4v) is 1.60. The maximum atomic E-state index is 11.8. The molecule has 0 aliphatic carbocycles. The second kappa shape index (κ2) is 3.56. The van der Waals surface area contributed by atoms with Gasteiger partial charge >= 0.3 is 0 Å². The highest BCUT2D eigenvalue weighted by Crippen LogP contribution is 2.20. The summed E-state index contributed by atoms with van der Waals surface area (Å²) in [6, 6.07) is 0.124. The minimum atomic E-state index is -0.186. The Labute approximate surface area is 74.7 Å². The molecule has 2 nitrogen and oxygen atoms in total. The number of carbonyl (C=O) groups is 1. The van der Waals surface area contributed by atoms with E-state index in [0.29, 0.717) is 5.78 Å². The molecule has 0 bridgehead atoms. The number of piperidine rings is 1. The van der Waals surface area contributed by atoms with Gasteiger partial charge < -0.3 is 5.32 Å². The van der Waals surface area contributed by atoms with Crippen LogP contribution in [-0.4, -0.2) is 18.4 Å². The van der Waals surface area contributed by atoms with Gasteiger partial charge in [0.2, 0.25) is 0 Å². The van der Waals surface area contributed by atoms with Gasteiger partial charge in [-0.15, -0.1) is 0 Å². The number of ketones is 1. The number of hydrogen-bond acceptors (Lipinski definition) is 2. The Balaban J connectivity index is 2.51. The summed E-state index contributed by atoms with van der Waals surface area (Å²) in [6.07, 6.45) is 3.43. The maximum absolute atomic E-state index is 11.8. The summed E-state index contributed by atoms with van der Waals surface area (Å²) < 4.78 is 0. The number of nitrogens with one attached hydrogen (secondary N) is 1. The molecule has 1 rings (SSSR count). The fourth-order valence-electron chi connectivity index (χ4n) is 1.60. The molecule has 1 aliphatic rings. The van der Waals surface area contributed by atoms with Crippen molar-refractivity contribution in [1.29, 1.82) is 0 Å². The molecule has 0 radical (unpaired) electrons. The second-order valence-electron chi connectivity index (χ2n) is 4.62. The Hall–Kier alpha value is -0.370. The first-order chi connectivity index (χ1) is 5.52. The molecule has 12 heavy (non-hydrogen) atoms. The van der Waals surface area contributed by atoms with Gasteiger partial charge in [0, 0.05) is 5.41 Å². The molecule has 0 unspecified atom stereocenters. The van der Waals surface area contributed by atoms with Crippen molar-refractivity contribution in [2.24, 2.45) is 5.41 Å². The van der Waals surface area contributed by atoms with Crippen LogP contribution in [0.4, 0.5) is 0 Å². The van der Waals surface area contributed by atoms with Crippen LogP contribution in [0, 0.1) is 5.41 Å². The predicted molar refractivity (Wildman–Crippen MR) is 50.1 cm³/mol.